The van der Waals surface area contributed by atoms with Crippen LogP contribution in [0.2, 0.25) is 0 Å². The molecule has 6 heteroatoms. The minimum absolute atomic E-state index is 0.0550. The average Bonchev–Trinajstić information content (AvgIpc) is 2.62. The first-order chi connectivity index (χ1) is 10.9. The van der Waals surface area contributed by atoms with Crippen LogP contribution in [0.3, 0.4) is 0 Å². The molecule has 1 fully saturated rings. The highest BCUT2D eigenvalue weighted by atomic mass is 15.3. The van der Waals surface area contributed by atoms with Crippen molar-refractivity contribution >= 4 is 5.82 Å². The van der Waals surface area contributed by atoms with Crippen molar-refractivity contribution < 1.29 is 0 Å². The van der Waals surface area contributed by atoms with E-state index in [4.69, 9.17) is 0 Å². The topological polar surface area (TPSA) is 66.8 Å². The van der Waals surface area contributed by atoms with Crippen molar-refractivity contribution in [2.45, 2.75) is 18.5 Å². The molecule has 2 atom stereocenters. The lowest BCUT2D eigenvalue weighted by atomic mass is 9.97. The van der Waals surface area contributed by atoms with E-state index >= 15 is 0 Å². The van der Waals surface area contributed by atoms with Gasteiger partial charge in [0.25, 0.3) is 0 Å². The zero-order chi connectivity index (χ0) is 14.8. The molecule has 1 saturated heterocycles. The number of nitrogens with zero attached hydrogens (tertiary/aromatic N) is 5. The minimum Gasteiger partial charge on any atom is -0.317 e. The van der Waals surface area contributed by atoms with Gasteiger partial charge >= 0.3 is 0 Å². The summed E-state index contributed by atoms with van der Waals surface area (Å²) in [6.45, 7) is 0.797. The Morgan fingerprint density at radius 3 is 2.68 bits per heavy atom. The highest BCUT2D eigenvalue weighted by Crippen LogP contribution is 2.34. The first-order valence-corrected chi connectivity index (χ1v) is 7.35. The zero-order valence-corrected chi connectivity index (χ0v) is 12.0. The Morgan fingerprint density at radius 1 is 1.05 bits per heavy atom. The van der Waals surface area contributed by atoms with Gasteiger partial charge in [0.2, 0.25) is 0 Å². The summed E-state index contributed by atoms with van der Waals surface area (Å²) < 4.78 is 0. The van der Waals surface area contributed by atoms with Crippen LogP contribution < -0.4 is 10.2 Å². The van der Waals surface area contributed by atoms with Crippen LogP contribution in [0, 0.1) is 0 Å². The molecule has 4 rings (SSSR count). The minimum atomic E-state index is 0.0550. The summed E-state index contributed by atoms with van der Waals surface area (Å²) in [7, 11) is 0. The van der Waals surface area contributed by atoms with Gasteiger partial charge in [0.15, 0.2) is 5.82 Å². The van der Waals surface area contributed by atoms with Gasteiger partial charge in [0.05, 0.1) is 30.2 Å². The fraction of sp³-hybridized carbons (Fsp3) is 0.250. The molecule has 1 N–H and O–H groups in total. The van der Waals surface area contributed by atoms with Crippen molar-refractivity contribution in [1.82, 2.24) is 25.3 Å². The first-order valence-electron chi connectivity index (χ1n) is 7.35. The molecule has 110 valence electrons. The third-order valence-electron chi connectivity index (χ3n) is 4.00. The molecule has 2 unspecified atom stereocenters. The highest BCUT2D eigenvalue weighted by molar-refractivity contribution is 5.52. The Balaban J connectivity index is 1.80. The third-order valence-corrected chi connectivity index (χ3v) is 4.00. The van der Waals surface area contributed by atoms with Crippen molar-refractivity contribution in [1.29, 1.82) is 0 Å². The smallest absolute Gasteiger partial charge is 0.151 e. The number of nitrogens with one attached hydrogen (secondary N) is 1. The van der Waals surface area contributed by atoms with E-state index in [2.05, 4.69) is 48.4 Å². The van der Waals surface area contributed by atoms with Gasteiger partial charge in [-0.05, 0) is 12.5 Å². The highest BCUT2D eigenvalue weighted by Gasteiger charge is 2.35. The average molecular weight is 292 g/mol. The van der Waals surface area contributed by atoms with E-state index in [-0.39, 0.29) is 6.04 Å². The monoisotopic (exact) mass is 292 g/mol. The summed E-state index contributed by atoms with van der Waals surface area (Å²) in [5, 5.41) is 3.59. The largest absolute Gasteiger partial charge is 0.317 e. The molecule has 0 radical (unpaired) electrons. The van der Waals surface area contributed by atoms with E-state index in [1.807, 2.05) is 6.20 Å². The maximum Gasteiger partial charge on any atom is 0.151 e. The zero-order valence-electron chi connectivity index (χ0n) is 12.0. The molecule has 22 heavy (non-hydrogen) atoms. The van der Waals surface area contributed by atoms with Gasteiger partial charge in [-0.25, -0.2) is 4.98 Å². The van der Waals surface area contributed by atoms with Gasteiger partial charge in [0, 0.05) is 37.0 Å². The first kappa shape index (κ1) is 13.1. The van der Waals surface area contributed by atoms with Gasteiger partial charge in [-0.2, -0.15) is 0 Å². The third kappa shape index (κ3) is 2.27. The van der Waals surface area contributed by atoms with Gasteiger partial charge in [0.1, 0.15) is 0 Å². The lowest BCUT2D eigenvalue weighted by molar-refractivity contribution is 0.438. The molecule has 1 aliphatic carbocycles. The van der Waals surface area contributed by atoms with Crippen LogP contribution in [0.4, 0.5) is 5.82 Å². The number of hydrogen-bond donors (Lipinski definition) is 1. The summed E-state index contributed by atoms with van der Waals surface area (Å²) in [5.74, 6) is 0.839. The van der Waals surface area contributed by atoms with Crippen LogP contribution in [-0.4, -0.2) is 32.5 Å². The molecule has 6 nitrogen and oxygen atoms in total. The molecular formula is C16H16N6. The second-order valence-electron chi connectivity index (χ2n) is 5.30. The Labute approximate surface area is 128 Å². The van der Waals surface area contributed by atoms with E-state index in [0.717, 1.165) is 24.5 Å². The van der Waals surface area contributed by atoms with Crippen LogP contribution in [0.1, 0.15) is 18.2 Å². The predicted molar refractivity (Wildman–Crippen MR) is 82.9 cm³/mol. The molecule has 0 spiro atoms. The van der Waals surface area contributed by atoms with Crippen molar-refractivity contribution in [3.63, 3.8) is 0 Å². The molecule has 0 aromatic carbocycles. The van der Waals surface area contributed by atoms with Crippen LogP contribution in [-0.2, 0) is 0 Å². The van der Waals surface area contributed by atoms with Gasteiger partial charge in [-0.3, -0.25) is 15.0 Å². The van der Waals surface area contributed by atoms with Crippen LogP contribution >= 0.6 is 0 Å². The molecule has 3 heterocycles. The van der Waals surface area contributed by atoms with E-state index in [1.165, 1.54) is 5.70 Å². The van der Waals surface area contributed by atoms with E-state index < -0.39 is 0 Å². The second kappa shape index (κ2) is 5.65. The number of piperazine rings is 1. The maximum atomic E-state index is 4.49. The summed E-state index contributed by atoms with van der Waals surface area (Å²) >= 11 is 0. The van der Waals surface area contributed by atoms with Crippen molar-refractivity contribution in [2.24, 2.45) is 0 Å². The molecule has 0 amide bonds. The van der Waals surface area contributed by atoms with Gasteiger partial charge < -0.3 is 10.2 Å². The molecule has 0 saturated carbocycles. The van der Waals surface area contributed by atoms with Crippen LogP contribution in [0.25, 0.3) is 0 Å². The maximum absolute atomic E-state index is 4.49. The van der Waals surface area contributed by atoms with Gasteiger partial charge in [-0.1, -0.05) is 12.2 Å². The fourth-order valence-electron chi connectivity index (χ4n) is 3.01. The number of aromatic nitrogens is 4. The summed E-state index contributed by atoms with van der Waals surface area (Å²) in [4.78, 5) is 19.6. The standard InChI is InChI=1S/C16H16N6/c1-2-4-14-12(3-1)21-10-15(13-9-17-5-7-19-13)22(14)16-11-18-6-8-20-16/h1-2,4-9,11-12,15,21H,3,10H2. The van der Waals surface area contributed by atoms with Crippen molar-refractivity contribution in [3.05, 3.63) is 66.8 Å². The molecule has 1 aliphatic heterocycles. The van der Waals surface area contributed by atoms with E-state index in [1.54, 1.807) is 31.0 Å². The lowest BCUT2D eigenvalue weighted by Gasteiger charge is -2.43. The number of rotatable bonds is 2. The Morgan fingerprint density at radius 2 is 1.91 bits per heavy atom. The summed E-state index contributed by atoms with van der Waals surface area (Å²) in [6.07, 6.45) is 17.8. The molecular weight excluding hydrogens is 276 g/mol. The normalized spacial score (nSPS) is 23.8. The number of allylic oxidation sites excluding steroid dienone is 2. The van der Waals surface area contributed by atoms with E-state index in [9.17, 15) is 0 Å². The Bertz CT molecular complexity index is 697. The SMILES string of the molecule is C1=CCC2NCC(c3cnccn3)N(c3cnccn3)C2=C1. The molecule has 2 aromatic heterocycles. The number of anilines is 1. The van der Waals surface area contributed by atoms with Crippen molar-refractivity contribution in [3.8, 4) is 0 Å². The lowest BCUT2D eigenvalue weighted by Crippen LogP contribution is -2.51. The Hall–Kier alpha value is -2.60. The predicted octanol–water partition coefficient (Wildman–Crippen LogP) is 1.63. The quantitative estimate of drug-likeness (QED) is 0.907. The number of hydrogen-bond acceptors (Lipinski definition) is 6. The number of fused-ring (bicyclic) bond motifs is 1. The Kier molecular flexibility index (Phi) is 3.36. The second-order valence-corrected chi connectivity index (χ2v) is 5.30. The van der Waals surface area contributed by atoms with E-state index in [0.29, 0.717) is 6.04 Å². The summed E-state index contributed by atoms with van der Waals surface area (Å²) in [6, 6.07) is 0.360. The summed E-state index contributed by atoms with van der Waals surface area (Å²) in [5.41, 5.74) is 2.12. The molecule has 2 aliphatic rings. The fourth-order valence-corrected chi connectivity index (χ4v) is 3.01. The van der Waals surface area contributed by atoms with Gasteiger partial charge in [-0.15, -0.1) is 0 Å². The molecule has 2 aromatic rings. The molecule has 0 bridgehead atoms. The van der Waals surface area contributed by atoms with Crippen LogP contribution in [0.5, 0.6) is 0 Å². The van der Waals surface area contributed by atoms with Crippen LogP contribution in [0.15, 0.2) is 61.1 Å². The van der Waals surface area contributed by atoms with Crippen molar-refractivity contribution in [2.75, 3.05) is 11.4 Å².